The van der Waals surface area contributed by atoms with Crippen LogP contribution in [0.4, 0.5) is 0 Å². The molecule has 0 saturated heterocycles. The first kappa shape index (κ1) is 16.2. The molecule has 0 N–H and O–H groups in total. The third kappa shape index (κ3) is 3.06. The van der Waals surface area contributed by atoms with E-state index in [4.69, 9.17) is 4.98 Å². The maximum Gasteiger partial charge on any atom is 0.223 e. The Hall–Kier alpha value is -2.23. The van der Waals surface area contributed by atoms with Crippen LogP contribution in [-0.4, -0.2) is 20.8 Å². The van der Waals surface area contributed by atoms with Gasteiger partial charge in [-0.2, -0.15) is 0 Å². The van der Waals surface area contributed by atoms with Gasteiger partial charge < -0.3 is 4.90 Å². The lowest BCUT2D eigenvalue weighted by molar-refractivity contribution is -0.132. The van der Waals surface area contributed by atoms with E-state index in [9.17, 15) is 4.79 Å². The van der Waals surface area contributed by atoms with Crippen molar-refractivity contribution in [2.45, 2.75) is 59.0 Å². The van der Waals surface area contributed by atoms with Gasteiger partial charge in [0.05, 0.1) is 12.2 Å². The van der Waals surface area contributed by atoms with Crippen LogP contribution in [0, 0.1) is 26.7 Å². The van der Waals surface area contributed by atoms with E-state index in [1.165, 1.54) is 28.7 Å². The molecular weight excluding hydrogens is 310 g/mol. The Labute approximate surface area is 149 Å². The summed E-state index contributed by atoms with van der Waals surface area (Å²) in [5, 5.41) is 0. The van der Waals surface area contributed by atoms with Crippen LogP contribution in [0.2, 0.25) is 0 Å². The SMILES string of the molecule is Cc1nc2c(c(C)c1C)CN(C(=O)CCC1CC1c1cccnc1)C2. The third-order valence-corrected chi connectivity index (χ3v) is 6.02. The van der Waals surface area contributed by atoms with E-state index in [2.05, 4.69) is 31.8 Å². The zero-order valence-corrected chi connectivity index (χ0v) is 15.2. The summed E-state index contributed by atoms with van der Waals surface area (Å²) in [6.45, 7) is 7.73. The summed E-state index contributed by atoms with van der Waals surface area (Å²) in [4.78, 5) is 23.5. The van der Waals surface area contributed by atoms with Gasteiger partial charge in [-0.05, 0) is 73.8 Å². The number of nitrogens with zero attached hydrogens (tertiary/aromatic N) is 3. The Bertz CT molecular complexity index is 816. The minimum atomic E-state index is 0.268. The smallest absolute Gasteiger partial charge is 0.223 e. The lowest BCUT2D eigenvalue weighted by Crippen LogP contribution is -2.25. The number of carbonyl (C=O) groups excluding carboxylic acids is 1. The number of fused-ring (bicyclic) bond motifs is 1. The van der Waals surface area contributed by atoms with Gasteiger partial charge in [-0.3, -0.25) is 14.8 Å². The number of amides is 1. The molecule has 0 aromatic carbocycles. The van der Waals surface area contributed by atoms with Crippen LogP contribution in [0.5, 0.6) is 0 Å². The summed E-state index contributed by atoms with van der Waals surface area (Å²) in [6.07, 6.45) is 6.60. The Balaban J connectivity index is 1.34. The maximum absolute atomic E-state index is 12.7. The molecule has 2 aliphatic rings. The quantitative estimate of drug-likeness (QED) is 0.853. The van der Waals surface area contributed by atoms with E-state index in [1.54, 1.807) is 0 Å². The van der Waals surface area contributed by atoms with Crippen LogP contribution >= 0.6 is 0 Å². The zero-order valence-electron chi connectivity index (χ0n) is 15.2. The highest BCUT2D eigenvalue weighted by Crippen LogP contribution is 2.50. The van der Waals surface area contributed by atoms with E-state index in [0.29, 0.717) is 24.8 Å². The average Bonchev–Trinajstić information content (AvgIpc) is 3.28. The van der Waals surface area contributed by atoms with Crippen LogP contribution < -0.4 is 0 Å². The molecule has 0 spiro atoms. The fourth-order valence-electron chi connectivity index (χ4n) is 4.05. The molecule has 1 saturated carbocycles. The minimum Gasteiger partial charge on any atom is -0.332 e. The molecule has 1 amide bonds. The van der Waals surface area contributed by atoms with Crippen molar-refractivity contribution in [1.29, 1.82) is 0 Å². The van der Waals surface area contributed by atoms with Crippen molar-refractivity contribution in [3.05, 3.63) is 58.2 Å². The molecule has 1 aliphatic heterocycles. The van der Waals surface area contributed by atoms with Gasteiger partial charge in [0.2, 0.25) is 5.91 Å². The molecule has 3 heterocycles. The second-order valence-electron chi connectivity index (χ2n) is 7.55. The molecule has 2 atom stereocenters. The largest absolute Gasteiger partial charge is 0.332 e. The Kier molecular flexibility index (Phi) is 4.06. The molecule has 1 aliphatic carbocycles. The molecule has 2 unspecified atom stereocenters. The molecule has 0 bridgehead atoms. The van der Waals surface area contributed by atoms with Crippen LogP contribution in [0.1, 0.15) is 58.8 Å². The van der Waals surface area contributed by atoms with E-state index < -0.39 is 0 Å². The standard InChI is InChI=1S/C21H25N3O/c1-13-14(2)19-11-24(12-20(19)23-15(13)3)21(25)7-6-16-9-18(16)17-5-4-8-22-10-17/h4-5,8,10,16,18H,6-7,9,11-12H2,1-3H3. The van der Waals surface area contributed by atoms with E-state index in [0.717, 1.165) is 24.4 Å². The first-order valence-electron chi connectivity index (χ1n) is 9.18. The number of aromatic nitrogens is 2. The predicted octanol–water partition coefficient (Wildman–Crippen LogP) is 3.83. The highest BCUT2D eigenvalue weighted by Gasteiger charge is 2.38. The molecule has 2 aromatic heterocycles. The fraction of sp³-hybridized carbons (Fsp3) is 0.476. The number of hydrogen-bond acceptors (Lipinski definition) is 3. The molecule has 1 fully saturated rings. The highest BCUT2D eigenvalue weighted by molar-refractivity contribution is 5.77. The van der Waals surface area contributed by atoms with Crippen molar-refractivity contribution in [1.82, 2.24) is 14.9 Å². The Morgan fingerprint density at radius 2 is 2.08 bits per heavy atom. The third-order valence-electron chi connectivity index (χ3n) is 6.02. The van der Waals surface area contributed by atoms with Gasteiger partial charge >= 0.3 is 0 Å². The van der Waals surface area contributed by atoms with Crippen LogP contribution in [0.3, 0.4) is 0 Å². The number of hydrogen-bond donors (Lipinski definition) is 0. The molecule has 2 aromatic rings. The van der Waals surface area contributed by atoms with Crippen molar-refractivity contribution in [3.8, 4) is 0 Å². The van der Waals surface area contributed by atoms with Gasteiger partial charge in [0.25, 0.3) is 0 Å². The summed E-state index contributed by atoms with van der Waals surface area (Å²) in [7, 11) is 0. The zero-order chi connectivity index (χ0) is 17.6. The number of carbonyl (C=O) groups is 1. The second kappa shape index (κ2) is 6.25. The van der Waals surface area contributed by atoms with E-state index in [-0.39, 0.29) is 5.91 Å². The topological polar surface area (TPSA) is 46.1 Å². The molecule has 130 valence electrons. The van der Waals surface area contributed by atoms with Gasteiger partial charge in [-0.25, -0.2) is 0 Å². The second-order valence-corrected chi connectivity index (χ2v) is 7.55. The summed E-state index contributed by atoms with van der Waals surface area (Å²) in [6, 6.07) is 4.15. The van der Waals surface area contributed by atoms with Gasteiger partial charge in [-0.15, -0.1) is 0 Å². The van der Waals surface area contributed by atoms with Crippen molar-refractivity contribution in [2.75, 3.05) is 0 Å². The number of pyridine rings is 2. The maximum atomic E-state index is 12.7. The van der Waals surface area contributed by atoms with Crippen molar-refractivity contribution in [2.24, 2.45) is 5.92 Å². The van der Waals surface area contributed by atoms with Crippen molar-refractivity contribution < 1.29 is 4.79 Å². The lowest BCUT2D eigenvalue weighted by Gasteiger charge is -2.15. The summed E-state index contributed by atoms with van der Waals surface area (Å²) in [5.41, 5.74) is 7.31. The number of rotatable bonds is 4. The van der Waals surface area contributed by atoms with Crippen molar-refractivity contribution in [3.63, 3.8) is 0 Å². The summed E-state index contributed by atoms with van der Waals surface area (Å²) < 4.78 is 0. The van der Waals surface area contributed by atoms with Gasteiger partial charge in [-0.1, -0.05) is 6.07 Å². The van der Waals surface area contributed by atoms with Crippen molar-refractivity contribution >= 4 is 5.91 Å². The summed E-state index contributed by atoms with van der Waals surface area (Å²) >= 11 is 0. The molecule has 4 heteroatoms. The monoisotopic (exact) mass is 335 g/mol. The number of aryl methyl sites for hydroxylation is 1. The van der Waals surface area contributed by atoms with E-state index >= 15 is 0 Å². The van der Waals surface area contributed by atoms with Gasteiger partial charge in [0.1, 0.15) is 0 Å². The first-order chi connectivity index (χ1) is 12.0. The molecule has 0 radical (unpaired) electrons. The Morgan fingerprint density at radius 1 is 1.24 bits per heavy atom. The van der Waals surface area contributed by atoms with Crippen LogP contribution in [0.15, 0.2) is 24.5 Å². The van der Waals surface area contributed by atoms with E-state index in [1.807, 2.05) is 23.4 Å². The highest BCUT2D eigenvalue weighted by atomic mass is 16.2. The molecular formula is C21H25N3O. The molecule has 4 rings (SSSR count). The molecule has 4 nitrogen and oxygen atoms in total. The van der Waals surface area contributed by atoms with Crippen LogP contribution in [-0.2, 0) is 17.9 Å². The van der Waals surface area contributed by atoms with Gasteiger partial charge in [0.15, 0.2) is 0 Å². The average molecular weight is 335 g/mol. The minimum absolute atomic E-state index is 0.268. The first-order valence-corrected chi connectivity index (χ1v) is 9.18. The van der Waals surface area contributed by atoms with Gasteiger partial charge in [0, 0.05) is 31.1 Å². The predicted molar refractivity (Wildman–Crippen MR) is 97.0 cm³/mol. The normalized spacial score (nSPS) is 21.3. The fourth-order valence-corrected chi connectivity index (χ4v) is 4.05. The van der Waals surface area contributed by atoms with Crippen LogP contribution in [0.25, 0.3) is 0 Å². The lowest BCUT2D eigenvalue weighted by atomic mass is 10.0. The molecule has 25 heavy (non-hydrogen) atoms. The summed E-state index contributed by atoms with van der Waals surface area (Å²) in [5.74, 6) is 1.51. The Morgan fingerprint density at radius 3 is 2.84 bits per heavy atom.